The molecule has 8 nitrogen and oxygen atoms in total. The van der Waals surface area contributed by atoms with Crippen LogP contribution in [-0.2, 0) is 4.74 Å². The number of anilines is 2. The summed E-state index contributed by atoms with van der Waals surface area (Å²) in [6, 6.07) is 11.1. The minimum absolute atomic E-state index is 0.109. The predicted molar refractivity (Wildman–Crippen MR) is 124 cm³/mol. The largest absolute Gasteiger partial charge is 0.450 e. The van der Waals surface area contributed by atoms with Crippen molar-refractivity contribution >= 4 is 23.4 Å². The summed E-state index contributed by atoms with van der Waals surface area (Å²) < 4.78 is 20.8. The Bertz CT molecular complexity index is 1130. The molecule has 2 aliphatic heterocycles. The maximum Gasteiger partial charge on any atom is 0.409 e. The van der Waals surface area contributed by atoms with Crippen LogP contribution in [0.5, 0.6) is 0 Å². The Morgan fingerprint density at radius 2 is 2.03 bits per heavy atom. The van der Waals surface area contributed by atoms with E-state index < -0.39 is 0 Å². The number of ether oxygens (including phenoxy) is 1. The first-order valence-corrected chi connectivity index (χ1v) is 11.7. The lowest BCUT2D eigenvalue weighted by Gasteiger charge is -2.31. The Balaban J connectivity index is 1.32. The molecule has 1 aromatic carbocycles. The number of aromatic nitrogens is 3. The summed E-state index contributed by atoms with van der Waals surface area (Å²) in [5.74, 6) is 1.48. The van der Waals surface area contributed by atoms with Gasteiger partial charge < -0.3 is 19.9 Å². The van der Waals surface area contributed by atoms with Gasteiger partial charge in [0.2, 0.25) is 0 Å². The monoisotopic (exact) mass is 452 g/mol. The van der Waals surface area contributed by atoms with E-state index >= 15 is 0 Å². The van der Waals surface area contributed by atoms with Crippen molar-refractivity contribution in [2.75, 3.05) is 36.5 Å². The third-order valence-corrected chi connectivity index (χ3v) is 6.50. The molecule has 1 N–H and O–H groups in total. The standard InChI is InChI=1S/C24H29FN6O2/c1-2-33-24(32)29-13-10-19(11-14-29)27-23-16-26-21-8-9-22(28-31(21)23)30-12-4-7-20(30)17-5-3-6-18(25)15-17/h3,5-6,8-9,15-16,19-20,27H,2,4,7,10-14H2,1H3/t20-/m1/s1. The Kier molecular flexibility index (Phi) is 6.02. The number of amides is 1. The zero-order valence-corrected chi connectivity index (χ0v) is 18.8. The Hall–Kier alpha value is -3.36. The number of hydrogen-bond acceptors (Lipinski definition) is 6. The highest BCUT2D eigenvalue weighted by molar-refractivity contribution is 5.67. The second-order valence-corrected chi connectivity index (χ2v) is 8.62. The van der Waals surface area contributed by atoms with Crippen LogP contribution in [-0.4, -0.2) is 57.9 Å². The van der Waals surface area contributed by atoms with E-state index in [0.717, 1.165) is 55.1 Å². The quantitative estimate of drug-likeness (QED) is 0.624. The highest BCUT2D eigenvalue weighted by Gasteiger charge is 2.28. The molecule has 2 fully saturated rings. The van der Waals surface area contributed by atoms with Gasteiger partial charge in [-0.3, -0.25) is 0 Å². The fourth-order valence-corrected chi connectivity index (χ4v) is 4.85. The van der Waals surface area contributed by atoms with Gasteiger partial charge in [0.1, 0.15) is 17.5 Å². The Labute approximate surface area is 192 Å². The minimum Gasteiger partial charge on any atom is -0.450 e. The zero-order chi connectivity index (χ0) is 22.8. The first-order valence-electron chi connectivity index (χ1n) is 11.7. The molecule has 2 saturated heterocycles. The predicted octanol–water partition coefficient (Wildman–Crippen LogP) is 4.24. The number of nitrogens with zero attached hydrogens (tertiary/aromatic N) is 5. The van der Waals surface area contributed by atoms with Crippen molar-refractivity contribution in [3.8, 4) is 0 Å². The molecular formula is C24H29FN6O2. The molecule has 0 radical (unpaired) electrons. The first-order chi connectivity index (χ1) is 16.1. The van der Waals surface area contributed by atoms with Crippen LogP contribution >= 0.6 is 0 Å². The second kappa shape index (κ2) is 9.25. The summed E-state index contributed by atoms with van der Waals surface area (Å²) in [5, 5.41) is 8.44. The number of imidazole rings is 1. The van der Waals surface area contributed by atoms with Crippen LogP contribution < -0.4 is 10.2 Å². The summed E-state index contributed by atoms with van der Waals surface area (Å²) in [5.41, 5.74) is 1.75. The van der Waals surface area contributed by atoms with Crippen molar-refractivity contribution in [1.82, 2.24) is 19.5 Å². The molecule has 5 rings (SSSR count). The fourth-order valence-electron chi connectivity index (χ4n) is 4.85. The van der Waals surface area contributed by atoms with Gasteiger partial charge in [0.05, 0.1) is 18.8 Å². The molecule has 4 heterocycles. The number of likely N-dealkylation sites (tertiary alicyclic amines) is 1. The third kappa shape index (κ3) is 4.44. The number of carbonyl (C=O) groups is 1. The molecule has 9 heteroatoms. The van der Waals surface area contributed by atoms with Crippen LogP contribution in [0.4, 0.5) is 20.8 Å². The minimum atomic E-state index is -0.240. The van der Waals surface area contributed by atoms with Crippen molar-refractivity contribution < 1.29 is 13.9 Å². The van der Waals surface area contributed by atoms with Crippen LogP contribution in [0.1, 0.15) is 44.2 Å². The molecule has 1 amide bonds. The van der Waals surface area contributed by atoms with E-state index in [2.05, 4.69) is 15.2 Å². The van der Waals surface area contributed by atoms with Gasteiger partial charge in [-0.25, -0.2) is 14.2 Å². The molecule has 0 bridgehead atoms. The van der Waals surface area contributed by atoms with Gasteiger partial charge in [0, 0.05) is 25.7 Å². The van der Waals surface area contributed by atoms with E-state index in [0.29, 0.717) is 19.7 Å². The topological polar surface area (TPSA) is 75.0 Å². The van der Waals surface area contributed by atoms with Crippen molar-refractivity contribution in [3.63, 3.8) is 0 Å². The molecular weight excluding hydrogens is 423 g/mol. The number of halogens is 1. The van der Waals surface area contributed by atoms with Gasteiger partial charge >= 0.3 is 6.09 Å². The molecule has 0 aliphatic carbocycles. The fraction of sp³-hybridized carbons (Fsp3) is 0.458. The molecule has 33 heavy (non-hydrogen) atoms. The lowest BCUT2D eigenvalue weighted by atomic mass is 10.0. The van der Waals surface area contributed by atoms with Gasteiger partial charge in [0.25, 0.3) is 0 Å². The van der Waals surface area contributed by atoms with Crippen LogP contribution in [0.15, 0.2) is 42.6 Å². The van der Waals surface area contributed by atoms with E-state index in [1.54, 1.807) is 23.2 Å². The molecule has 0 spiro atoms. The van der Waals surface area contributed by atoms with E-state index in [-0.39, 0.29) is 24.0 Å². The number of carbonyl (C=O) groups excluding carboxylic acids is 1. The average molecular weight is 453 g/mol. The van der Waals surface area contributed by atoms with Gasteiger partial charge in [-0.2, -0.15) is 4.52 Å². The summed E-state index contributed by atoms with van der Waals surface area (Å²) in [6.07, 6.45) is 5.24. The number of rotatable bonds is 5. The number of fused-ring (bicyclic) bond motifs is 1. The number of benzene rings is 1. The molecule has 2 aliphatic rings. The molecule has 3 aromatic rings. The van der Waals surface area contributed by atoms with Crippen LogP contribution in [0.25, 0.3) is 5.65 Å². The number of nitrogens with one attached hydrogen (secondary N) is 1. The van der Waals surface area contributed by atoms with Crippen LogP contribution in [0, 0.1) is 5.82 Å². The summed E-state index contributed by atoms with van der Waals surface area (Å²) in [6.45, 7) is 4.41. The molecule has 0 saturated carbocycles. The van der Waals surface area contributed by atoms with Gasteiger partial charge in [-0.05, 0) is 62.4 Å². The van der Waals surface area contributed by atoms with Crippen molar-refractivity contribution in [3.05, 3.63) is 54.0 Å². The second-order valence-electron chi connectivity index (χ2n) is 8.62. The average Bonchev–Trinajstić information content (AvgIpc) is 3.47. The molecule has 0 unspecified atom stereocenters. The zero-order valence-electron chi connectivity index (χ0n) is 18.8. The Morgan fingerprint density at radius 3 is 2.82 bits per heavy atom. The number of piperidine rings is 1. The normalized spacial score (nSPS) is 19.3. The Morgan fingerprint density at radius 1 is 1.18 bits per heavy atom. The van der Waals surface area contributed by atoms with Crippen molar-refractivity contribution in [2.45, 2.75) is 44.7 Å². The van der Waals surface area contributed by atoms with Crippen LogP contribution in [0.3, 0.4) is 0 Å². The van der Waals surface area contributed by atoms with E-state index in [4.69, 9.17) is 9.84 Å². The van der Waals surface area contributed by atoms with Gasteiger partial charge in [-0.1, -0.05) is 12.1 Å². The van der Waals surface area contributed by atoms with E-state index in [1.807, 2.05) is 29.6 Å². The highest BCUT2D eigenvalue weighted by atomic mass is 19.1. The van der Waals surface area contributed by atoms with Crippen molar-refractivity contribution in [1.29, 1.82) is 0 Å². The summed E-state index contributed by atoms with van der Waals surface area (Å²) >= 11 is 0. The maximum absolute atomic E-state index is 13.8. The third-order valence-electron chi connectivity index (χ3n) is 6.50. The lowest BCUT2D eigenvalue weighted by Crippen LogP contribution is -2.42. The summed E-state index contributed by atoms with van der Waals surface area (Å²) in [7, 11) is 0. The summed E-state index contributed by atoms with van der Waals surface area (Å²) in [4.78, 5) is 20.4. The smallest absolute Gasteiger partial charge is 0.409 e. The van der Waals surface area contributed by atoms with Crippen molar-refractivity contribution in [2.24, 2.45) is 0 Å². The van der Waals surface area contributed by atoms with Gasteiger partial charge in [0.15, 0.2) is 5.65 Å². The van der Waals surface area contributed by atoms with Crippen LogP contribution in [0.2, 0.25) is 0 Å². The molecule has 2 aromatic heterocycles. The SMILES string of the molecule is CCOC(=O)N1CCC(Nc2cnc3ccc(N4CCC[C@@H]4c4cccc(F)c4)nn23)CC1. The van der Waals surface area contributed by atoms with E-state index in [9.17, 15) is 9.18 Å². The lowest BCUT2D eigenvalue weighted by molar-refractivity contribution is 0.0983. The maximum atomic E-state index is 13.8. The molecule has 174 valence electrons. The first kappa shape index (κ1) is 21.5. The highest BCUT2D eigenvalue weighted by Crippen LogP contribution is 2.35. The number of hydrogen-bond donors (Lipinski definition) is 1. The molecule has 1 atom stereocenters. The van der Waals surface area contributed by atoms with E-state index in [1.165, 1.54) is 6.07 Å². The van der Waals surface area contributed by atoms with Gasteiger partial charge in [-0.15, -0.1) is 5.10 Å².